The van der Waals surface area contributed by atoms with E-state index in [9.17, 15) is 4.79 Å². The quantitative estimate of drug-likeness (QED) is 0.639. The average Bonchev–Trinajstić information content (AvgIpc) is 2.34. The van der Waals surface area contributed by atoms with Crippen molar-refractivity contribution in [2.24, 2.45) is 5.92 Å². The Balaban J connectivity index is 2.47. The first-order chi connectivity index (χ1) is 5.66. The van der Waals surface area contributed by atoms with Gasteiger partial charge in [0.05, 0.1) is 0 Å². The Kier molecular flexibility index (Phi) is 3.09. The summed E-state index contributed by atoms with van der Waals surface area (Å²) in [5.41, 5.74) is 0. The van der Waals surface area contributed by atoms with Crippen LogP contribution in [0.15, 0.2) is 0 Å². The molecule has 1 saturated heterocycles. The van der Waals surface area contributed by atoms with Crippen LogP contribution >= 0.6 is 0 Å². The predicted molar refractivity (Wildman–Crippen MR) is 46.6 cm³/mol. The second-order valence-corrected chi connectivity index (χ2v) is 3.28. The van der Waals surface area contributed by atoms with Crippen molar-refractivity contribution in [2.45, 2.75) is 33.4 Å². The van der Waals surface area contributed by atoms with Crippen LogP contribution in [0.5, 0.6) is 0 Å². The molecule has 0 bridgehead atoms. The lowest BCUT2D eigenvalue weighted by Gasteiger charge is -2.23. The van der Waals surface area contributed by atoms with Crippen LogP contribution in [0.2, 0.25) is 0 Å². The molecule has 12 heavy (non-hydrogen) atoms. The standard InChI is InChI=1S/C9H17NO2/c1-4-12-8(3)10-6-5-7(2)9(10)11/h7-8H,4-6H2,1-3H3. The van der Waals surface area contributed by atoms with E-state index in [-0.39, 0.29) is 18.1 Å². The van der Waals surface area contributed by atoms with Gasteiger partial charge in [-0.05, 0) is 20.3 Å². The minimum Gasteiger partial charge on any atom is -0.359 e. The van der Waals surface area contributed by atoms with Crippen molar-refractivity contribution in [1.29, 1.82) is 0 Å². The number of hydrogen-bond acceptors (Lipinski definition) is 2. The number of nitrogens with zero attached hydrogens (tertiary/aromatic N) is 1. The molecule has 0 aromatic carbocycles. The summed E-state index contributed by atoms with van der Waals surface area (Å²) in [4.78, 5) is 13.3. The van der Waals surface area contributed by atoms with Gasteiger partial charge in [-0.1, -0.05) is 6.92 Å². The lowest BCUT2D eigenvalue weighted by atomic mass is 10.1. The molecule has 0 saturated carbocycles. The summed E-state index contributed by atoms with van der Waals surface area (Å²) in [6.45, 7) is 7.36. The minimum absolute atomic E-state index is 0.0487. The van der Waals surface area contributed by atoms with E-state index in [1.165, 1.54) is 0 Å². The van der Waals surface area contributed by atoms with Gasteiger partial charge in [0.15, 0.2) is 0 Å². The second kappa shape index (κ2) is 3.90. The van der Waals surface area contributed by atoms with Crippen molar-refractivity contribution in [3.05, 3.63) is 0 Å². The number of carbonyl (C=O) groups is 1. The van der Waals surface area contributed by atoms with Crippen LogP contribution in [0, 0.1) is 5.92 Å². The molecule has 1 rings (SSSR count). The third-order valence-corrected chi connectivity index (χ3v) is 2.35. The van der Waals surface area contributed by atoms with Gasteiger partial charge in [0.2, 0.25) is 5.91 Å². The maximum Gasteiger partial charge on any atom is 0.227 e. The van der Waals surface area contributed by atoms with Crippen LogP contribution < -0.4 is 0 Å². The fraction of sp³-hybridized carbons (Fsp3) is 0.889. The van der Waals surface area contributed by atoms with Gasteiger partial charge in [-0.15, -0.1) is 0 Å². The van der Waals surface area contributed by atoms with E-state index in [2.05, 4.69) is 0 Å². The molecule has 0 aromatic rings. The van der Waals surface area contributed by atoms with Crippen molar-refractivity contribution in [1.82, 2.24) is 4.90 Å². The second-order valence-electron chi connectivity index (χ2n) is 3.28. The summed E-state index contributed by atoms with van der Waals surface area (Å²) in [6, 6.07) is 0. The normalized spacial score (nSPS) is 26.4. The maximum atomic E-state index is 11.5. The van der Waals surface area contributed by atoms with Crippen LogP contribution in [0.25, 0.3) is 0 Å². The summed E-state index contributed by atoms with van der Waals surface area (Å²) in [5.74, 6) is 0.420. The van der Waals surface area contributed by atoms with E-state index in [4.69, 9.17) is 4.74 Å². The summed E-state index contributed by atoms with van der Waals surface area (Å²) in [5, 5.41) is 0. The highest BCUT2D eigenvalue weighted by Crippen LogP contribution is 2.19. The van der Waals surface area contributed by atoms with Crippen molar-refractivity contribution in [3.63, 3.8) is 0 Å². The molecule has 1 heterocycles. The zero-order valence-corrected chi connectivity index (χ0v) is 8.04. The number of amides is 1. The van der Waals surface area contributed by atoms with Crippen LogP contribution in [-0.2, 0) is 9.53 Å². The Bertz CT molecular complexity index is 170. The minimum atomic E-state index is -0.0487. The Morgan fingerprint density at radius 2 is 2.42 bits per heavy atom. The van der Waals surface area contributed by atoms with Gasteiger partial charge in [0.25, 0.3) is 0 Å². The molecule has 0 aliphatic carbocycles. The summed E-state index contributed by atoms with van der Waals surface area (Å²) in [6.07, 6.45) is 0.920. The molecule has 1 amide bonds. The fourth-order valence-electron chi connectivity index (χ4n) is 1.54. The average molecular weight is 171 g/mol. The Morgan fingerprint density at radius 3 is 2.83 bits per heavy atom. The SMILES string of the molecule is CCOC(C)N1CCC(C)C1=O. The van der Waals surface area contributed by atoms with Crippen LogP contribution in [0.1, 0.15) is 27.2 Å². The Morgan fingerprint density at radius 1 is 1.75 bits per heavy atom. The molecule has 0 radical (unpaired) electrons. The molecule has 1 aliphatic rings. The summed E-state index contributed by atoms with van der Waals surface area (Å²) < 4.78 is 5.35. The van der Waals surface area contributed by atoms with Crippen LogP contribution in [-0.4, -0.2) is 30.2 Å². The molecule has 1 aliphatic heterocycles. The van der Waals surface area contributed by atoms with E-state index in [1.807, 2.05) is 25.7 Å². The first-order valence-electron chi connectivity index (χ1n) is 4.59. The molecule has 2 atom stereocenters. The number of rotatable bonds is 3. The number of ether oxygens (including phenoxy) is 1. The zero-order valence-electron chi connectivity index (χ0n) is 8.04. The molecule has 0 aromatic heterocycles. The molecular weight excluding hydrogens is 154 g/mol. The molecule has 2 unspecified atom stereocenters. The number of carbonyl (C=O) groups excluding carboxylic acids is 1. The highest BCUT2D eigenvalue weighted by atomic mass is 16.5. The van der Waals surface area contributed by atoms with Crippen molar-refractivity contribution < 1.29 is 9.53 Å². The number of hydrogen-bond donors (Lipinski definition) is 0. The van der Waals surface area contributed by atoms with Crippen molar-refractivity contribution >= 4 is 5.91 Å². The Hall–Kier alpha value is -0.570. The first kappa shape index (κ1) is 9.52. The topological polar surface area (TPSA) is 29.5 Å². The maximum absolute atomic E-state index is 11.5. The van der Waals surface area contributed by atoms with E-state index in [1.54, 1.807) is 0 Å². The van der Waals surface area contributed by atoms with E-state index < -0.39 is 0 Å². The number of likely N-dealkylation sites (tertiary alicyclic amines) is 1. The molecule has 0 spiro atoms. The molecule has 3 nitrogen and oxygen atoms in total. The van der Waals surface area contributed by atoms with E-state index in [0.717, 1.165) is 13.0 Å². The highest BCUT2D eigenvalue weighted by molar-refractivity contribution is 5.80. The Labute approximate surface area is 73.7 Å². The van der Waals surface area contributed by atoms with Gasteiger partial charge in [0, 0.05) is 19.1 Å². The van der Waals surface area contributed by atoms with Gasteiger partial charge in [-0.25, -0.2) is 0 Å². The van der Waals surface area contributed by atoms with Gasteiger partial charge in [-0.2, -0.15) is 0 Å². The summed E-state index contributed by atoms with van der Waals surface area (Å²) in [7, 11) is 0. The van der Waals surface area contributed by atoms with Crippen molar-refractivity contribution in [2.75, 3.05) is 13.2 Å². The lowest BCUT2D eigenvalue weighted by molar-refractivity contribution is -0.141. The zero-order chi connectivity index (χ0) is 9.14. The van der Waals surface area contributed by atoms with Gasteiger partial charge in [0.1, 0.15) is 6.23 Å². The van der Waals surface area contributed by atoms with Crippen LogP contribution in [0.3, 0.4) is 0 Å². The molecule has 0 N–H and O–H groups in total. The summed E-state index contributed by atoms with van der Waals surface area (Å²) >= 11 is 0. The third-order valence-electron chi connectivity index (χ3n) is 2.35. The first-order valence-corrected chi connectivity index (χ1v) is 4.59. The third kappa shape index (κ3) is 1.78. The molecule has 3 heteroatoms. The predicted octanol–water partition coefficient (Wildman–Crippen LogP) is 1.24. The van der Waals surface area contributed by atoms with Gasteiger partial charge < -0.3 is 9.64 Å². The monoisotopic (exact) mass is 171 g/mol. The molecule has 70 valence electrons. The highest BCUT2D eigenvalue weighted by Gasteiger charge is 2.31. The van der Waals surface area contributed by atoms with E-state index in [0.29, 0.717) is 6.61 Å². The largest absolute Gasteiger partial charge is 0.359 e. The smallest absolute Gasteiger partial charge is 0.227 e. The lowest BCUT2D eigenvalue weighted by Crippen LogP contribution is -2.37. The molecule has 1 fully saturated rings. The fourth-order valence-corrected chi connectivity index (χ4v) is 1.54. The van der Waals surface area contributed by atoms with Crippen LogP contribution in [0.4, 0.5) is 0 Å². The van der Waals surface area contributed by atoms with E-state index >= 15 is 0 Å². The molecular formula is C9H17NO2. The van der Waals surface area contributed by atoms with Crippen molar-refractivity contribution in [3.8, 4) is 0 Å². The van der Waals surface area contributed by atoms with Gasteiger partial charge >= 0.3 is 0 Å². The van der Waals surface area contributed by atoms with Gasteiger partial charge in [-0.3, -0.25) is 4.79 Å².